The van der Waals surface area contributed by atoms with Crippen molar-refractivity contribution in [2.75, 3.05) is 4.90 Å². The van der Waals surface area contributed by atoms with Gasteiger partial charge < -0.3 is 5.11 Å². The quantitative estimate of drug-likeness (QED) is 0.799. The average molecular weight is 205 g/mol. The first-order valence-electron chi connectivity index (χ1n) is 4.45. The normalized spacial score (nSPS) is 9.73. The van der Waals surface area contributed by atoms with E-state index in [2.05, 4.69) is 4.98 Å². The number of amides is 1. The van der Waals surface area contributed by atoms with Crippen molar-refractivity contribution >= 4 is 11.9 Å². The van der Waals surface area contributed by atoms with E-state index in [1.807, 2.05) is 6.07 Å². The van der Waals surface area contributed by atoms with Crippen LogP contribution < -0.4 is 4.90 Å². The Morgan fingerprint density at radius 3 is 2.73 bits per heavy atom. The van der Waals surface area contributed by atoms with Crippen LogP contribution in [0.4, 0.5) is 10.6 Å². The zero-order chi connectivity index (χ0) is 11.4. The molecule has 0 bridgehead atoms. The molecular weight excluding hydrogens is 194 g/mol. The fourth-order valence-electron chi connectivity index (χ4n) is 1.20. The lowest BCUT2D eigenvalue weighted by atomic mass is 10.3. The van der Waals surface area contributed by atoms with Gasteiger partial charge in [-0.05, 0) is 26.0 Å². The van der Waals surface area contributed by atoms with Crippen LogP contribution in [-0.2, 0) is 0 Å². The fourth-order valence-corrected chi connectivity index (χ4v) is 1.20. The molecule has 0 aromatic carbocycles. The van der Waals surface area contributed by atoms with Crippen molar-refractivity contribution in [2.24, 2.45) is 0 Å². The molecule has 1 heterocycles. The minimum atomic E-state index is -1.08. The van der Waals surface area contributed by atoms with Crippen LogP contribution >= 0.6 is 0 Å². The smallest absolute Gasteiger partial charge is 0.413 e. The van der Waals surface area contributed by atoms with Crippen molar-refractivity contribution in [3.05, 3.63) is 23.9 Å². The Bertz CT molecular complexity index is 409. The molecule has 0 aliphatic rings. The maximum Gasteiger partial charge on any atom is 0.413 e. The Morgan fingerprint density at radius 2 is 2.27 bits per heavy atom. The van der Waals surface area contributed by atoms with Gasteiger partial charge in [-0.2, -0.15) is 5.26 Å². The molecule has 1 N–H and O–H groups in total. The molecule has 0 fully saturated rings. The topological polar surface area (TPSA) is 77.2 Å². The van der Waals surface area contributed by atoms with Crippen molar-refractivity contribution < 1.29 is 9.90 Å². The molecule has 78 valence electrons. The zero-order valence-electron chi connectivity index (χ0n) is 8.51. The van der Waals surface area contributed by atoms with Gasteiger partial charge in [-0.1, -0.05) is 6.07 Å². The highest BCUT2D eigenvalue weighted by atomic mass is 16.4. The molecule has 1 aromatic heterocycles. The van der Waals surface area contributed by atoms with Crippen LogP contribution in [0.2, 0.25) is 0 Å². The van der Waals surface area contributed by atoms with E-state index in [0.717, 1.165) is 4.90 Å². The SMILES string of the molecule is CC(C)N(C(=O)O)c1cccc(C#N)n1. The second-order valence-corrected chi connectivity index (χ2v) is 3.24. The van der Waals surface area contributed by atoms with Gasteiger partial charge in [0.15, 0.2) is 0 Å². The molecule has 0 saturated heterocycles. The number of pyridine rings is 1. The van der Waals surface area contributed by atoms with E-state index in [1.165, 1.54) is 6.07 Å². The summed E-state index contributed by atoms with van der Waals surface area (Å²) >= 11 is 0. The summed E-state index contributed by atoms with van der Waals surface area (Å²) in [4.78, 5) is 16.0. The van der Waals surface area contributed by atoms with Crippen LogP contribution in [-0.4, -0.2) is 22.2 Å². The van der Waals surface area contributed by atoms with Crippen molar-refractivity contribution in [2.45, 2.75) is 19.9 Å². The van der Waals surface area contributed by atoms with Crippen molar-refractivity contribution in [3.8, 4) is 6.07 Å². The molecule has 0 aliphatic carbocycles. The molecule has 5 heteroatoms. The van der Waals surface area contributed by atoms with Gasteiger partial charge in [0.25, 0.3) is 0 Å². The summed E-state index contributed by atoms with van der Waals surface area (Å²) in [7, 11) is 0. The summed E-state index contributed by atoms with van der Waals surface area (Å²) in [6, 6.07) is 6.36. The Balaban J connectivity index is 3.12. The predicted octanol–water partition coefficient (Wildman–Crippen LogP) is 1.85. The second-order valence-electron chi connectivity index (χ2n) is 3.24. The van der Waals surface area contributed by atoms with Crippen LogP contribution in [0.15, 0.2) is 18.2 Å². The van der Waals surface area contributed by atoms with E-state index >= 15 is 0 Å². The highest BCUT2D eigenvalue weighted by Gasteiger charge is 2.19. The Hall–Kier alpha value is -2.09. The lowest BCUT2D eigenvalue weighted by Crippen LogP contribution is -2.36. The zero-order valence-corrected chi connectivity index (χ0v) is 8.51. The number of hydrogen-bond donors (Lipinski definition) is 1. The molecule has 0 radical (unpaired) electrons. The Labute approximate surface area is 87.6 Å². The van der Waals surface area contributed by atoms with E-state index in [1.54, 1.807) is 26.0 Å². The maximum absolute atomic E-state index is 10.9. The molecule has 0 atom stereocenters. The Kier molecular flexibility index (Phi) is 3.24. The third kappa shape index (κ3) is 2.44. The van der Waals surface area contributed by atoms with Gasteiger partial charge in [0, 0.05) is 6.04 Å². The molecule has 0 aliphatic heterocycles. The number of nitriles is 1. The largest absolute Gasteiger partial charge is 0.465 e. The van der Waals surface area contributed by atoms with Gasteiger partial charge in [0.1, 0.15) is 17.6 Å². The average Bonchev–Trinajstić information content (AvgIpc) is 2.17. The highest BCUT2D eigenvalue weighted by Crippen LogP contribution is 2.14. The monoisotopic (exact) mass is 205 g/mol. The number of anilines is 1. The van der Waals surface area contributed by atoms with Gasteiger partial charge >= 0.3 is 6.09 Å². The summed E-state index contributed by atoms with van der Waals surface area (Å²) in [5, 5.41) is 17.6. The molecule has 0 unspecified atom stereocenters. The van der Waals surface area contributed by atoms with Crippen LogP contribution in [0.1, 0.15) is 19.5 Å². The molecule has 1 amide bonds. The molecule has 1 rings (SSSR count). The number of aromatic nitrogens is 1. The van der Waals surface area contributed by atoms with Gasteiger partial charge in [-0.3, -0.25) is 4.90 Å². The maximum atomic E-state index is 10.9. The minimum Gasteiger partial charge on any atom is -0.465 e. The molecule has 5 nitrogen and oxygen atoms in total. The third-order valence-electron chi connectivity index (χ3n) is 1.82. The van der Waals surface area contributed by atoms with Gasteiger partial charge in [0.2, 0.25) is 0 Å². The first-order valence-corrected chi connectivity index (χ1v) is 4.45. The van der Waals surface area contributed by atoms with Crippen molar-refractivity contribution in [3.63, 3.8) is 0 Å². The number of hydrogen-bond acceptors (Lipinski definition) is 3. The summed E-state index contributed by atoms with van der Waals surface area (Å²) in [6.45, 7) is 3.49. The molecule has 0 saturated carbocycles. The summed E-state index contributed by atoms with van der Waals surface area (Å²) in [6.07, 6.45) is -1.08. The van der Waals surface area contributed by atoms with E-state index in [0.29, 0.717) is 0 Å². The summed E-state index contributed by atoms with van der Waals surface area (Å²) in [5.74, 6) is 0.275. The Morgan fingerprint density at radius 1 is 1.60 bits per heavy atom. The third-order valence-corrected chi connectivity index (χ3v) is 1.82. The van der Waals surface area contributed by atoms with E-state index in [4.69, 9.17) is 10.4 Å². The summed E-state index contributed by atoms with van der Waals surface area (Å²) < 4.78 is 0. The summed E-state index contributed by atoms with van der Waals surface area (Å²) in [5.41, 5.74) is 0.208. The van der Waals surface area contributed by atoms with Crippen LogP contribution in [0.5, 0.6) is 0 Å². The van der Waals surface area contributed by atoms with Crippen LogP contribution in [0, 0.1) is 11.3 Å². The molecular formula is C10H11N3O2. The van der Waals surface area contributed by atoms with E-state index in [-0.39, 0.29) is 17.6 Å². The molecule has 1 aromatic rings. The lowest BCUT2D eigenvalue weighted by molar-refractivity contribution is 0.200. The number of rotatable bonds is 2. The van der Waals surface area contributed by atoms with Gasteiger partial charge in [-0.25, -0.2) is 9.78 Å². The highest BCUT2D eigenvalue weighted by molar-refractivity contribution is 5.85. The number of nitrogens with zero attached hydrogens (tertiary/aromatic N) is 3. The number of carbonyl (C=O) groups is 1. The fraction of sp³-hybridized carbons (Fsp3) is 0.300. The first-order chi connectivity index (χ1) is 7.06. The van der Waals surface area contributed by atoms with E-state index in [9.17, 15) is 4.79 Å². The van der Waals surface area contributed by atoms with Gasteiger partial charge in [0.05, 0.1) is 0 Å². The van der Waals surface area contributed by atoms with Gasteiger partial charge in [-0.15, -0.1) is 0 Å². The second kappa shape index (κ2) is 4.42. The molecule has 15 heavy (non-hydrogen) atoms. The minimum absolute atomic E-state index is 0.208. The predicted molar refractivity (Wildman–Crippen MR) is 54.6 cm³/mol. The van der Waals surface area contributed by atoms with Crippen molar-refractivity contribution in [1.29, 1.82) is 5.26 Å². The van der Waals surface area contributed by atoms with Crippen molar-refractivity contribution in [1.82, 2.24) is 4.98 Å². The molecule has 0 spiro atoms. The number of carboxylic acid groups (broad SMARTS) is 1. The first kappa shape index (κ1) is 11.0. The van der Waals surface area contributed by atoms with Crippen LogP contribution in [0.25, 0.3) is 0 Å². The lowest BCUT2D eigenvalue weighted by Gasteiger charge is -2.22. The van der Waals surface area contributed by atoms with Crippen LogP contribution in [0.3, 0.4) is 0 Å². The standard InChI is InChI=1S/C10H11N3O2/c1-7(2)13(10(14)15)9-5-3-4-8(6-11)12-9/h3-5,7H,1-2H3,(H,14,15). The van der Waals surface area contributed by atoms with E-state index < -0.39 is 6.09 Å².